The van der Waals surface area contributed by atoms with E-state index in [4.69, 9.17) is 0 Å². The van der Waals surface area contributed by atoms with Gasteiger partial charge in [-0.25, -0.2) is 4.39 Å². The van der Waals surface area contributed by atoms with Crippen molar-refractivity contribution in [3.63, 3.8) is 0 Å². The highest BCUT2D eigenvalue weighted by Crippen LogP contribution is 2.22. The molecular formula is C13H17BrClFN2O. The zero-order valence-electron chi connectivity index (χ0n) is 10.8. The lowest BCUT2D eigenvalue weighted by Crippen LogP contribution is -2.57. The number of piperazine rings is 1. The van der Waals surface area contributed by atoms with Crippen molar-refractivity contribution in [1.82, 2.24) is 10.2 Å². The van der Waals surface area contributed by atoms with Crippen LogP contribution < -0.4 is 5.32 Å². The molecule has 1 heterocycles. The minimum atomic E-state index is -0.391. The van der Waals surface area contributed by atoms with Crippen LogP contribution in [0, 0.1) is 5.82 Å². The molecule has 2 unspecified atom stereocenters. The molecule has 6 heteroatoms. The molecule has 2 atom stereocenters. The van der Waals surface area contributed by atoms with E-state index < -0.39 is 5.82 Å². The van der Waals surface area contributed by atoms with Gasteiger partial charge in [-0.2, -0.15) is 0 Å². The number of halogens is 3. The van der Waals surface area contributed by atoms with Crippen LogP contribution in [0.4, 0.5) is 4.39 Å². The van der Waals surface area contributed by atoms with Gasteiger partial charge < -0.3 is 10.2 Å². The predicted molar refractivity (Wildman–Crippen MR) is 79.3 cm³/mol. The Bertz CT molecular complexity index is 472. The van der Waals surface area contributed by atoms with Crippen molar-refractivity contribution in [2.24, 2.45) is 0 Å². The number of rotatable bonds is 1. The normalized spacial score (nSPS) is 22.8. The standard InChI is InChI=1S/C13H16BrFN2O.ClH/c1-8-9(2)17(6-5-16-8)13(18)11-7-10(15)3-4-12(11)14;/h3-4,7-9,16H,5-6H2,1-2H3;1H. The SMILES string of the molecule is CC1NCCN(C(=O)c2cc(F)ccc2Br)C1C.Cl. The van der Waals surface area contributed by atoms with Crippen molar-refractivity contribution in [3.8, 4) is 0 Å². The van der Waals surface area contributed by atoms with Crippen LogP contribution >= 0.6 is 28.3 Å². The van der Waals surface area contributed by atoms with E-state index >= 15 is 0 Å². The Kier molecular flexibility index (Phi) is 5.77. The van der Waals surface area contributed by atoms with E-state index in [9.17, 15) is 9.18 Å². The Morgan fingerprint density at radius 3 is 2.84 bits per heavy atom. The number of benzene rings is 1. The Morgan fingerprint density at radius 2 is 2.16 bits per heavy atom. The number of carbonyl (C=O) groups is 1. The quantitative estimate of drug-likeness (QED) is 0.844. The van der Waals surface area contributed by atoms with E-state index in [1.165, 1.54) is 12.1 Å². The second-order valence-electron chi connectivity index (χ2n) is 4.61. The summed E-state index contributed by atoms with van der Waals surface area (Å²) in [5.41, 5.74) is 0.385. The first-order valence-corrected chi connectivity index (χ1v) is 6.79. The number of nitrogens with one attached hydrogen (secondary N) is 1. The van der Waals surface area contributed by atoms with E-state index in [-0.39, 0.29) is 30.4 Å². The van der Waals surface area contributed by atoms with Gasteiger partial charge in [-0.05, 0) is 48.0 Å². The molecule has 0 saturated carbocycles. The third-order valence-corrected chi connectivity index (χ3v) is 4.15. The maximum absolute atomic E-state index is 13.2. The lowest BCUT2D eigenvalue weighted by atomic mass is 10.1. The third-order valence-electron chi connectivity index (χ3n) is 3.45. The first kappa shape index (κ1) is 16.4. The van der Waals surface area contributed by atoms with E-state index in [0.29, 0.717) is 16.6 Å². The lowest BCUT2D eigenvalue weighted by Gasteiger charge is -2.38. The fourth-order valence-corrected chi connectivity index (χ4v) is 2.58. The summed E-state index contributed by atoms with van der Waals surface area (Å²) in [6.45, 7) is 5.46. The molecule has 19 heavy (non-hydrogen) atoms. The topological polar surface area (TPSA) is 32.3 Å². The molecule has 3 nitrogen and oxygen atoms in total. The van der Waals surface area contributed by atoms with Gasteiger partial charge >= 0.3 is 0 Å². The fraction of sp³-hybridized carbons (Fsp3) is 0.462. The van der Waals surface area contributed by atoms with Crippen molar-refractivity contribution in [1.29, 1.82) is 0 Å². The summed E-state index contributed by atoms with van der Waals surface area (Å²) in [7, 11) is 0. The number of carbonyl (C=O) groups excluding carboxylic acids is 1. The monoisotopic (exact) mass is 350 g/mol. The first-order chi connectivity index (χ1) is 8.50. The van der Waals surface area contributed by atoms with Gasteiger partial charge in [0.15, 0.2) is 0 Å². The van der Waals surface area contributed by atoms with Crippen molar-refractivity contribution in [3.05, 3.63) is 34.1 Å². The van der Waals surface area contributed by atoms with Gasteiger partial charge in [0.1, 0.15) is 5.82 Å². The molecule has 1 saturated heterocycles. The summed E-state index contributed by atoms with van der Waals surface area (Å²) < 4.78 is 13.9. The van der Waals surface area contributed by atoms with Gasteiger partial charge in [0.05, 0.1) is 5.56 Å². The molecule has 0 radical (unpaired) electrons. The molecule has 1 amide bonds. The molecule has 1 aromatic rings. The van der Waals surface area contributed by atoms with Gasteiger partial charge in [0, 0.05) is 29.6 Å². The highest BCUT2D eigenvalue weighted by Gasteiger charge is 2.29. The van der Waals surface area contributed by atoms with Crippen molar-refractivity contribution in [2.45, 2.75) is 25.9 Å². The Labute approximate surface area is 127 Å². The number of amides is 1. The molecular weight excluding hydrogens is 335 g/mol. The molecule has 0 spiro atoms. The van der Waals surface area contributed by atoms with Gasteiger partial charge in [0.25, 0.3) is 5.91 Å². The van der Waals surface area contributed by atoms with Crippen molar-refractivity contribution in [2.75, 3.05) is 13.1 Å². The van der Waals surface area contributed by atoms with Gasteiger partial charge in [0.2, 0.25) is 0 Å². The van der Waals surface area contributed by atoms with Crippen LogP contribution in [0.2, 0.25) is 0 Å². The lowest BCUT2D eigenvalue weighted by molar-refractivity contribution is 0.0601. The summed E-state index contributed by atoms with van der Waals surface area (Å²) >= 11 is 3.30. The van der Waals surface area contributed by atoms with E-state index in [1.807, 2.05) is 13.8 Å². The van der Waals surface area contributed by atoms with E-state index in [1.54, 1.807) is 11.0 Å². The molecule has 0 bridgehead atoms. The average Bonchev–Trinajstić information content (AvgIpc) is 2.35. The van der Waals surface area contributed by atoms with Gasteiger partial charge in [-0.15, -0.1) is 12.4 Å². The van der Waals surface area contributed by atoms with Crippen LogP contribution in [0.5, 0.6) is 0 Å². The van der Waals surface area contributed by atoms with Gasteiger partial charge in [-0.3, -0.25) is 4.79 Å². The summed E-state index contributed by atoms with van der Waals surface area (Å²) in [5, 5.41) is 3.31. The first-order valence-electron chi connectivity index (χ1n) is 6.00. The van der Waals surface area contributed by atoms with Crippen LogP contribution in [-0.4, -0.2) is 36.0 Å². The number of nitrogens with zero attached hydrogens (tertiary/aromatic N) is 1. The average molecular weight is 352 g/mol. The molecule has 106 valence electrons. The zero-order chi connectivity index (χ0) is 13.3. The molecule has 0 aromatic heterocycles. The molecule has 1 aromatic carbocycles. The third kappa shape index (κ3) is 3.46. The van der Waals surface area contributed by atoms with Crippen LogP contribution in [0.15, 0.2) is 22.7 Å². The van der Waals surface area contributed by atoms with Gasteiger partial charge in [-0.1, -0.05) is 0 Å². The van der Waals surface area contributed by atoms with E-state index in [2.05, 4.69) is 21.2 Å². The van der Waals surface area contributed by atoms with Crippen LogP contribution in [-0.2, 0) is 0 Å². The summed E-state index contributed by atoms with van der Waals surface area (Å²) in [5.74, 6) is -0.514. The molecule has 0 aliphatic carbocycles. The number of hydrogen-bond donors (Lipinski definition) is 1. The van der Waals surface area contributed by atoms with E-state index in [0.717, 1.165) is 6.54 Å². The Hall–Kier alpha value is -0.650. The molecule has 1 fully saturated rings. The Morgan fingerprint density at radius 1 is 1.47 bits per heavy atom. The zero-order valence-corrected chi connectivity index (χ0v) is 13.2. The van der Waals surface area contributed by atoms with Crippen LogP contribution in [0.1, 0.15) is 24.2 Å². The molecule has 1 aliphatic rings. The smallest absolute Gasteiger partial charge is 0.255 e. The van der Waals surface area contributed by atoms with Crippen LogP contribution in [0.25, 0.3) is 0 Å². The maximum atomic E-state index is 13.2. The number of hydrogen-bond acceptors (Lipinski definition) is 2. The molecule has 1 aliphatic heterocycles. The second-order valence-corrected chi connectivity index (χ2v) is 5.46. The maximum Gasteiger partial charge on any atom is 0.255 e. The fourth-order valence-electron chi connectivity index (χ4n) is 2.16. The minimum Gasteiger partial charge on any atom is -0.333 e. The largest absolute Gasteiger partial charge is 0.333 e. The second kappa shape index (κ2) is 6.68. The highest BCUT2D eigenvalue weighted by molar-refractivity contribution is 9.10. The summed E-state index contributed by atoms with van der Waals surface area (Å²) in [4.78, 5) is 14.2. The van der Waals surface area contributed by atoms with Crippen molar-refractivity contribution < 1.29 is 9.18 Å². The summed E-state index contributed by atoms with van der Waals surface area (Å²) in [6, 6.07) is 4.53. The minimum absolute atomic E-state index is 0. The Balaban J connectivity index is 0.00000180. The van der Waals surface area contributed by atoms with Crippen molar-refractivity contribution >= 4 is 34.2 Å². The highest BCUT2D eigenvalue weighted by atomic mass is 79.9. The predicted octanol–water partition coefficient (Wildman–Crippen LogP) is 2.83. The molecule has 1 N–H and O–H groups in total. The van der Waals surface area contributed by atoms with Crippen LogP contribution in [0.3, 0.4) is 0 Å². The molecule has 2 rings (SSSR count). The summed E-state index contributed by atoms with van der Waals surface area (Å²) in [6.07, 6.45) is 0.